The minimum Gasteiger partial charge on any atom is -0.480 e. The highest BCUT2D eigenvalue weighted by Gasteiger charge is 2.36. The molecule has 0 fully saturated rings. The third-order valence-corrected chi connectivity index (χ3v) is 8.93. The smallest absolute Gasteiger partial charge is 0.327 e. The molecule has 1 aromatic heterocycles. The maximum absolute atomic E-state index is 14.0. The molecule has 0 spiro atoms. The minimum absolute atomic E-state index is 0.0329. The average molecular weight is 518 g/mol. The summed E-state index contributed by atoms with van der Waals surface area (Å²) in [5.41, 5.74) is 3.20. The number of carboxylic acid groups (broad SMARTS) is 1. The summed E-state index contributed by atoms with van der Waals surface area (Å²) >= 11 is 0. The van der Waals surface area contributed by atoms with Crippen molar-refractivity contribution < 1.29 is 22.7 Å². The van der Waals surface area contributed by atoms with Crippen molar-refractivity contribution in [1.82, 2.24) is 0 Å². The first-order valence-corrected chi connectivity index (χ1v) is 14.3. The lowest BCUT2D eigenvalue weighted by molar-refractivity contribution is -0.138. The van der Waals surface area contributed by atoms with Gasteiger partial charge in [-0.1, -0.05) is 55.0 Å². The molecule has 5 rings (SSSR count). The number of hydrogen-bond donors (Lipinski definition) is 1. The summed E-state index contributed by atoms with van der Waals surface area (Å²) in [4.78, 5) is 12.5. The number of benzene rings is 3. The maximum atomic E-state index is 14.0. The Kier molecular flexibility index (Phi) is 7.33. The summed E-state index contributed by atoms with van der Waals surface area (Å²) < 4.78 is 35.2. The fourth-order valence-corrected chi connectivity index (χ4v) is 6.88. The average Bonchev–Trinajstić information content (AvgIpc) is 3.29. The topological polar surface area (TPSA) is 87.8 Å². The normalized spacial score (nSPS) is 14.3. The number of aliphatic carboxylic acids is 1. The van der Waals surface area contributed by atoms with E-state index < -0.39 is 22.0 Å². The largest absolute Gasteiger partial charge is 0.480 e. The van der Waals surface area contributed by atoms with Gasteiger partial charge in [0.25, 0.3) is 10.0 Å². The number of para-hydroxylation sites is 1. The number of furan rings is 1. The molecule has 3 aromatic carbocycles. The van der Waals surface area contributed by atoms with Crippen LogP contribution in [0.2, 0.25) is 0 Å². The van der Waals surface area contributed by atoms with E-state index in [1.165, 1.54) is 5.56 Å². The zero-order valence-electron chi connectivity index (χ0n) is 20.7. The third kappa shape index (κ3) is 5.27. The van der Waals surface area contributed by atoms with Gasteiger partial charge in [-0.25, -0.2) is 13.2 Å². The van der Waals surface area contributed by atoms with Gasteiger partial charge in [0.05, 0.1) is 10.6 Å². The zero-order chi connectivity index (χ0) is 25.8. The molecule has 37 heavy (non-hydrogen) atoms. The second-order valence-electron chi connectivity index (χ2n) is 9.59. The predicted octanol–water partition coefficient (Wildman–Crippen LogP) is 6.37. The van der Waals surface area contributed by atoms with Crippen LogP contribution in [0.25, 0.3) is 11.0 Å². The van der Waals surface area contributed by atoms with Crippen molar-refractivity contribution in [3.8, 4) is 0 Å². The number of rotatable bonds is 10. The number of carboxylic acids is 1. The van der Waals surface area contributed by atoms with E-state index in [0.29, 0.717) is 17.7 Å². The highest BCUT2D eigenvalue weighted by Crippen LogP contribution is 2.35. The molecule has 0 bridgehead atoms. The quantitative estimate of drug-likeness (QED) is 0.247. The Labute approximate surface area is 217 Å². The molecule has 0 saturated heterocycles. The van der Waals surface area contributed by atoms with Gasteiger partial charge in [-0.3, -0.25) is 4.31 Å². The van der Waals surface area contributed by atoms with Crippen molar-refractivity contribution in [3.05, 3.63) is 95.7 Å². The number of carbonyl (C=O) groups is 1. The summed E-state index contributed by atoms with van der Waals surface area (Å²) in [6.45, 7) is 0. The van der Waals surface area contributed by atoms with E-state index in [1.807, 2.05) is 30.3 Å². The van der Waals surface area contributed by atoms with E-state index in [2.05, 4.69) is 0 Å². The first-order chi connectivity index (χ1) is 17.9. The number of sulfonamides is 1. The number of fused-ring (bicyclic) bond motifs is 3. The Bertz CT molecular complexity index is 1480. The summed E-state index contributed by atoms with van der Waals surface area (Å²) in [7, 11) is -4.19. The van der Waals surface area contributed by atoms with Gasteiger partial charge in [-0.05, 0) is 68.4 Å². The molecule has 4 aromatic rings. The molecular formula is C30H31NO5S. The number of anilines is 1. The SMILES string of the molecule is O=C(O)[C@H](CCCCc1ccccc1)N(c1ccccc1)S(=O)(=O)c1ccc2c3c(oc2c1)CCCC3. The third-order valence-electron chi connectivity index (χ3n) is 7.10. The van der Waals surface area contributed by atoms with Gasteiger partial charge in [0, 0.05) is 23.4 Å². The lowest BCUT2D eigenvalue weighted by Crippen LogP contribution is -2.45. The number of unbranched alkanes of at least 4 members (excludes halogenated alkanes) is 1. The molecule has 7 heteroatoms. The molecule has 1 N–H and O–H groups in total. The van der Waals surface area contributed by atoms with E-state index in [-0.39, 0.29) is 11.3 Å². The fourth-order valence-electron chi connectivity index (χ4n) is 5.23. The minimum atomic E-state index is -4.19. The Morgan fingerprint density at radius 3 is 2.35 bits per heavy atom. The van der Waals surface area contributed by atoms with Crippen LogP contribution in [0.4, 0.5) is 5.69 Å². The van der Waals surface area contributed by atoms with Crippen LogP contribution < -0.4 is 4.31 Å². The molecule has 0 radical (unpaired) electrons. The van der Waals surface area contributed by atoms with Gasteiger partial charge in [0.2, 0.25) is 0 Å². The van der Waals surface area contributed by atoms with E-state index in [1.54, 1.807) is 48.5 Å². The lowest BCUT2D eigenvalue weighted by atomic mass is 9.96. The molecule has 6 nitrogen and oxygen atoms in total. The monoisotopic (exact) mass is 517 g/mol. The standard InChI is InChI=1S/C30H31NO5S/c32-30(33)27(17-9-7-13-22-11-3-1-4-12-22)31(23-14-5-2-6-15-23)37(34,35)24-19-20-26-25-16-8-10-18-28(25)36-29(26)21-24/h1-6,11-12,14-15,19-21,27H,7-10,13,16-18H2,(H,32,33)/t27-/m0/s1. The number of nitrogens with zero attached hydrogens (tertiary/aromatic N) is 1. The van der Waals surface area contributed by atoms with Crippen molar-refractivity contribution >= 4 is 32.6 Å². The van der Waals surface area contributed by atoms with E-state index in [4.69, 9.17) is 4.42 Å². The van der Waals surface area contributed by atoms with Crippen LogP contribution in [-0.2, 0) is 34.1 Å². The Morgan fingerprint density at radius 2 is 1.62 bits per heavy atom. The molecule has 0 aliphatic heterocycles. The van der Waals surface area contributed by atoms with Crippen LogP contribution in [-0.4, -0.2) is 25.5 Å². The van der Waals surface area contributed by atoms with Crippen LogP contribution in [0.3, 0.4) is 0 Å². The fraction of sp³-hybridized carbons (Fsp3) is 0.300. The number of aryl methyl sites for hydroxylation is 3. The van der Waals surface area contributed by atoms with Crippen molar-refractivity contribution in [1.29, 1.82) is 0 Å². The molecule has 0 amide bonds. The van der Waals surface area contributed by atoms with E-state index >= 15 is 0 Å². The second kappa shape index (κ2) is 10.8. The molecule has 0 saturated carbocycles. The van der Waals surface area contributed by atoms with Gasteiger partial charge in [0.1, 0.15) is 17.4 Å². The van der Waals surface area contributed by atoms with Crippen LogP contribution in [0.1, 0.15) is 49.0 Å². The van der Waals surface area contributed by atoms with Crippen LogP contribution >= 0.6 is 0 Å². The molecule has 1 aliphatic rings. The van der Waals surface area contributed by atoms with E-state index in [9.17, 15) is 18.3 Å². The van der Waals surface area contributed by atoms with Crippen molar-refractivity contribution in [3.63, 3.8) is 0 Å². The van der Waals surface area contributed by atoms with Gasteiger partial charge in [-0.2, -0.15) is 0 Å². The molecule has 0 unspecified atom stereocenters. The van der Waals surface area contributed by atoms with Gasteiger partial charge < -0.3 is 9.52 Å². The molecule has 1 atom stereocenters. The van der Waals surface area contributed by atoms with Gasteiger partial charge in [0.15, 0.2) is 0 Å². The maximum Gasteiger partial charge on any atom is 0.327 e. The Morgan fingerprint density at radius 1 is 0.919 bits per heavy atom. The first-order valence-electron chi connectivity index (χ1n) is 12.9. The van der Waals surface area contributed by atoms with Crippen LogP contribution in [0.5, 0.6) is 0 Å². The molecule has 192 valence electrons. The summed E-state index contributed by atoms with van der Waals surface area (Å²) in [5, 5.41) is 11.1. The second-order valence-corrected chi connectivity index (χ2v) is 11.4. The van der Waals surface area contributed by atoms with Crippen molar-refractivity contribution in [2.24, 2.45) is 0 Å². The Balaban J connectivity index is 1.46. The summed E-state index contributed by atoms with van der Waals surface area (Å²) in [6, 6.07) is 22.2. The zero-order valence-corrected chi connectivity index (χ0v) is 21.5. The van der Waals surface area contributed by atoms with Crippen LogP contribution in [0, 0.1) is 0 Å². The van der Waals surface area contributed by atoms with E-state index in [0.717, 1.165) is 59.5 Å². The molecule has 1 heterocycles. The van der Waals surface area contributed by atoms with Gasteiger partial charge >= 0.3 is 5.97 Å². The van der Waals surface area contributed by atoms with Crippen LogP contribution in [0.15, 0.2) is 88.2 Å². The summed E-state index contributed by atoms with van der Waals surface area (Å²) in [6.07, 6.45) is 6.28. The number of hydrogen-bond acceptors (Lipinski definition) is 4. The van der Waals surface area contributed by atoms with Crippen molar-refractivity contribution in [2.75, 3.05) is 4.31 Å². The predicted molar refractivity (Wildman–Crippen MR) is 144 cm³/mol. The van der Waals surface area contributed by atoms with Crippen molar-refractivity contribution in [2.45, 2.75) is 62.3 Å². The highest BCUT2D eigenvalue weighted by atomic mass is 32.2. The molecular weight excluding hydrogens is 486 g/mol. The van der Waals surface area contributed by atoms with Gasteiger partial charge in [-0.15, -0.1) is 0 Å². The molecule has 1 aliphatic carbocycles. The highest BCUT2D eigenvalue weighted by molar-refractivity contribution is 7.93. The first kappa shape index (κ1) is 25.1. The Hall–Kier alpha value is -3.58. The summed E-state index contributed by atoms with van der Waals surface area (Å²) in [5.74, 6) is -0.237. The lowest BCUT2D eigenvalue weighted by Gasteiger charge is -2.30.